The van der Waals surface area contributed by atoms with Gasteiger partial charge in [0.05, 0.1) is 12.3 Å². The lowest BCUT2D eigenvalue weighted by Gasteiger charge is -2.08. The van der Waals surface area contributed by atoms with Crippen LogP contribution >= 0.6 is 34.7 Å². The zero-order valence-electron chi connectivity index (χ0n) is 14.9. The van der Waals surface area contributed by atoms with E-state index in [1.807, 2.05) is 11.5 Å². The van der Waals surface area contributed by atoms with Crippen LogP contribution in [-0.4, -0.2) is 37.3 Å². The normalized spacial score (nSPS) is 10.6. The van der Waals surface area contributed by atoms with Crippen molar-refractivity contribution in [3.8, 4) is 0 Å². The van der Waals surface area contributed by atoms with Crippen LogP contribution < -0.4 is 10.6 Å². The molecule has 0 fully saturated rings. The third-order valence-electron chi connectivity index (χ3n) is 3.63. The number of benzene rings is 1. The van der Waals surface area contributed by atoms with Crippen LogP contribution in [-0.2, 0) is 17.9 Å². The molecule has 0 saturated carbocycles. The van der Waals surface area contributed by atoms with E-state index in [4.69, 9.17) is 11.6 Å². The highest BCUT2D eigenvalue weighted by molar-refractivity contribution is 7.99. The van der Waals surface area contributed by atoms with E-state index in [1.54, 1.807) is 35.8 Å². The molecule has 28 heavy (non-hydrogen) atoms. The SMILES string of the molecule is CCn1c(CNC(=O)c2ccc(Cl)cc2)nnc1SCC(=O)Nc1nccs1. The number of nitrogens with one attached hydrogen (secondary N) is 2. The van der Waals surface area contributed by atoms with E-state index in [2.05, 4.69) is 25.8 Å². The second-order valence-corrected chi connectivity index (χ2v) is 7.78. The Labute approximate surface area is 174 Å². The molecule has 1 aromatic carbocycles. The van der Waals surface area contributed by atoms with E-state index in [0.29, 0.717) is 33.2 Å². The Morgan fingerprint density at radius 2 is 2.04 bits per heavy atom. The maximum Gasteiger partial charge on any atom is 0.251 e. The maximum atomic E-state index is 12.2. The van der Waals surface area contributed by atoms with Crippen LogP contribution in [0.5, 0.6) is 0 Å². The molecular formula is C17H17ClN6O2S2. The van der Waals surface area contributed by atoms with Gasteiger partial charge in [0.2, 0.25) is 5.91 Å². The summed E-state index contributed by atoms with van der Waals surface area (Å²) >= 11 is 8.48. The smallest absolute Gasteiger partial charge is 0.251 e. The van der Waals surface area contributed by atoms with Crippen LogP contribution in [0.3, 0.4) is 0 Å². The predicted molar refractivity (Wildman–Crippen MR) is 110 cm³/mol. The van der Waals surface area contributed by atoms with E-state index in [0.717, 1.165) is 0 Å². The fourth-order valence-electron chi connectivity index (χ4n) is 2.31. The van der Waals surface area contributed by atoms with E-state index in [9.17, 15) is 9.59 Å². The summed E-state index contributed by atoms with van der Waals surface area (Å²) in [4.78, 5) is 28.2. The van der Waals surface area contributed by atoms with Crippen molar-refractivity contribution in [3.63, 3.8) is 0 Å². The van der Waals surface area contributed by atoms with Crippen molar-refractivity contribution in [2.75, 3.05) is 11.1 Å². The van der Waals surface area contributed by atoms with Crippen LogP contribution in [0.25, 0.3) is 0 Å². The lowest BCUT2D eigenvalue weighted by Crippen LogP contribution is -2.24. The molecule has 2 aromatic heterocycles. The van der Waals surface area contributed by atoms with Crippen molar-refractivity contribution in [3.05, 3.63) is 52.3 Å². The molecule has 0 bridgehead atoms. The molecule has 0 aliphatic rings. The molecule has 2 heterocycles. The Hall–Kier alpha value is -2.43. The fraction of sp³-hybridized carbons (Fsp3) is 0.235. The molecule has 146 valence electrons. The first-order chi connectivity index (χ1) is 13.6. The molecule has 2 N–H and O–H groups in total. The quantitative estimate of drug-likeness (QED) is 0.526. The van der Waals surface area contributed by atoms with Gasteiger partial charge in [-0.15, -0.1) is 21.5 Å². The third kappa shape index (κ3) is 5.31. The minimum Gasteiger partial charge on any atom is -0.345 e. The Kier molecular flexibility index (Phi) is 7.01. The van der Waals surface area contributed by atoms with Gasteiger partial charge in [-0.2, -0.15) is 0 Å². The second kappa shape index (κ2) is 9.67. The Morgan fingerprint density at radius 3 is 2.71 bits per heavy atom. The molecule has 3 aromatic rings. The lowest BCUT2D eigenvalue weighted by molar-refractivity contribution is -0.113. The van der Waals surface area contributed by atoms with E-state index >= 15 is 0 Å². The van der Waals surface area contributed by atoms with Crippen molar-refractivity contribution in [2.45, 2.75) is 25.2 Å². The molecule has 0 aliphatic heterocycles. The first kappa shape index (κ1) is 20.3. The Balaban J connectivity index is 1.56. The summed E-state index contributed by atoms with van der Waals surface area (Å²) in [5, 5.41) is 17.4. The Bertz CT molecular complexity index is 943. The highest BCUT2D eigenvalue weighted by atomic mass is 35.5. The monoisotopic (exact) mass is 436 g/mol. The van der Waals surface area contributed by atoms with Gasteiger partial charge in [0, 0.05) is 28.7 Å². The van der Waals surface area contributed by atoms with Crippen LogP contribution in [0.1, 0.15) is 23.1 Å². The first-order valence-electron chi connectivity index (χ1n) is 8.34. The molecule has 0 saturated heterocycles. The fourth-order valence-corrected chi connectivity index (χ4v) is 3.80. The molecule has 8 nitrogen and oxygen atoms in total. The number of thioether (sulfide) groups is 1. The van der Waals surface area contributed by atoms with Crippen LogP contribution in [0.2, 0.25) is 5.02 Å². The van der Waals surface area contributed by atoms with Gasteiger partial charge >= 0.3 is 0 Å². The van der Waals surface area contributed by atoms with E-state index in [-0.39, 0.29) is 24.1 Å². The largest absolute Gasteiger partial charge is 0.345 e. The summed E-state index contributed by atoms with van der Waals surface area (Å²) in [7, 11) is 0. The average Bonchev–Trinajstić information content (AvgIpc) is 3.34. The summed E-state index contributed by atoms with van der Waals surface area (Å²) < 4.78 is 1.86. The van der Waals surface area contributed by atoms with Gasteiger partial charge in [-0.3, -0.25) is 9.59 Å². The summed E-state index contributed by atoms with van der Waals surface area (Å²) in [6.07, 6.45) is 1.63. The van der Waals surface area contributed by atoms with Crippen molar-refractivity contribution >= 4 is 51.6 Å². The number of carbonyl (C=O) groups is 2. The van der Waals surface area contributed by atoms with Crippen molar-refractivity contribution < 1.29 is 9.59 Å². The molecule has 11 heteroatoms. The molecule has 0 unspecified atom stereocenters. The number of anilines is 1. The highest BCUT2D eigenvalue weighted by Crippen LogP contribution is 2.18. The van der Waals surface area contributed by atoms with Crippen LogP contribution in [0.15, 0.2) is 41.0 Å². The molecular weight excluding hydrogens is 420 g/mol. The standard InChI is InChI=1S/C17H17ClN6O2S2/c1-2-24-13(9-20-15(26)11-3-5-12(18)6-4-11)22-23-17(24)28-10-14(25)21-16-19-7-8-27-16/h3-8H,2,9-10H2,1H3,(H,20,26)(H,19,21,25). The molecule has 3 rings (SSSR count). The number of hydrogen-bond acceptors (Lipinski definition) is 7. The minimum atomic E-state index is -0.223. The van der Waals surface area contributed by atoms with Gasteiger partial charge in [-0.1, -0.05) is 23.4 Å². The number of amides is 2. The number of hydrogen-bond donors (Lipinski definition) is 2. The van der Waals surface area contributed by atoms with Gasteiger partial charge in [0.15, 0.2) is 16.1 Å². The topological polar surface area (TPSA) is 102 Å². The predicted octanol–water partition coefficient (Wildman–Crippen LogP) is 3.07. The summed E-state index contributed by atoms with van der Waals surface area (Å²) in [6, 6.07) is 6.64. The summed E-state index contributed by atoms with van der Waals surface area (Å²) in [5.41, 5.74) is 0.514. The van der Waals surface area contributed by atoms with Crippen molar-refractivity contribution in [1.29, 1.82) is 0 Å². The average molecular weight is 437 g/mol. The summed E-state index contributed by atoms with van der Waals surface area (Å²) in [5.74, 6) is 0.421. The van der Waals surface area contributed by atoms with Gasteiger partial charge in [0.25, 0.3) is 5.91 Å². The van der Waals surface area contributed by atoms with Crippen molar-refractivity contribution in [2.24, 2.45) is 0 Å². The first-order valence-corrected chi connectivity index (χ1v) is 10.6. The molecule has 0 atom stereocenters. The zero-order chi connectivity index (χ0) is 19.9. The van der Waals surface area contributed by atoms with Gasteiger partial charge in [-0.25, -0.2) is 4.98 Å². The van der Waals surface area contributed by atoms with Gasteiger partial charge < -0.3 is 15.2 Å². The second-order valence-electron chi connectivity index (χ2n) is 5.51. The van der Waals surface area contributed by atoms with E-state index < -0.39 is 0 Å². The van der Waals surface area contributed by atoms with Crippen LogP contribution in [0, 0.1) is 0 Å². The number of halogens is 1. The number of aromatic nitrogens is 4. The molecule has 0 radical (unpaired) electrons. The lowest BCUT2D eigenvalue weighted by atomic mass is 10.2. The Morgan fingerprint density at radius 1 is 1.25 bits per heavy atom. The number of thiazole rings is 1. The number of carbonyl (C=O) groups excluding carboxylic acids is 2. The highest BCUT2D eigenvalue weighted by Gasteiger charge is 2.15. The van der Waals surface area contributed by atoms with E-state index in [1.165, 1.54) is 23.1 Å². The molecule has 0 aliphatic carbocycles. The third-order valence-corrected chi connectivity index (χ3v) is 5.54. The number of rotatable bonds is 8. The van der Waals surface area contributed by atoms with Crippen molar-refractivity contribution in [1.82, 2.24) is 25.1 Å². The molecule has 0 spiro atoms. The minimum absolute atomic E-state index is 0.164. The summed E-state index contributed by atoms with van der Waals surface area (Å²) in [6.45, 7) is 2.80. The number of nitrogens with zero attached hydrogens (tertiary/aromatic N) is 4. The van der Waals surface area contributed by atoms with Crippen LogP contribution in [0.4, 0.5) is 5.13 Å². The zero-order valence-corrected chi connectivity index (χ0v) is 17.3. The van der Waals surface area contributed by atoms with Gasteiger partial charge in [-0.05, 0) is 31.2 Å². The maximum absolute atomic E-state index is 12.2. The molecule has 2 amide bonds. The van der Waals surface area contributed by atoms with Gasteiger partial charge in [0.1, 0.15) is 0 Å².